The lowest BCUT2D eigenvalue weighted by molar-refractivity contribution is -0.151. The number of hydrogen-bond donors (Lipinski definition) is 0. The van der Waals surface area contributed by atoms with Crippen LogP contribution in [0.15, 0.2) is 0 Å². The Balaban J connectivity index is 1.58. The largest absolute Gasteiger partial charge is 0.462 e. The third kappa shape index (κ3) is 1.71. The van der Waals surface area contributed by atoms with Crippen molar-refractivity contribution in [3.63, 3.8) is 0 Å². The molecule has 0 aromatic carbocycles. The first-order valence-electron chi connectivity index (χ1n) is 8.55. The van der Waals surface area contributed by atoms with Gasteiger partial charge in [0.15, 0.2) is 0 Å². The lowest BCUT2D eigenvalue weighted by Gasteiger charge is -2.32. The maximum absolute atomic E-state index is 12.2. The summed E-state index contributed by atoms with van der Waals surface area (Å²) in [6, 6.07) is 0. The molecular formula is C17H22O6. The molecule has 1 spiro atoms. The zero-order valence-electron chi connectivity index (χ0n) is 13.6. The molecule has 6 heteroatoms. The van der Waals surface area contributed by atoms with Gasteiger partial charge in [0.2, 0.25) is 0 Å². The van der Waals surface area contributed by atoms with Crippen LogP contribution in [0, 0.1) is 23.7 Å². The molecule has 2 saturated carbocycles. The first kappa shape index (κ1) is 14.2. The molecule has 126 valence electrons. The number of fused-ring (bicyclic) bond motifs is 6. The van der Waals surface area contributed by atoms with Gasteiger partial charge in [0.25, 0.3) is 0 Å². The second kappa shape index (κ2) is 4.09. The first-order valence-corrected chi connectivity index (χ1v) is 8.55. The van der Waals surface area contributed by atoms with Gasteiger partial charge in [-0.1, -0.05) is 6.92 Å². The number of esters is 2. The van der Waals surface area contributed by atoms with Gasteiger partial charge in [0, 0.05) is 31.1 Å². The van der Waals surface area contributed by atoms with Crippen LogP contribution in [0.5, 0.6) is 0 Å². The quantitative estimate of drug-likeness (QED) is 0.531. The van der Waals surface area contributed by atoms with Crippen molar-refractivity contribution >= 4 is 11.9 Å². The smallest absolute Gasteiger partial charge is 0.309 e. The lowest BCUT2D eigenvalue weighted by Crippen LogP contribution is -2.42. The van der Waals surface area contributed by atoms with Crippen LogP contribution in [0.3, 0.4) is 0 Å². The lowest BCUT2D eigenvalue weighted by atomic mass is 9.75. The summed E-state index contributed by atoms with van der Waals surface area (Å²) < 4.78 is 23.3. The van der Waals surface area contributed by atoms with Crippen LogP contribution in [0.4, 0.5) is 0 Å². The summed E-state index contributed by atoms with van der Waals surface area (Å²) in [6.07, 6.45) is 1.29. The minimum atomic E-state index is -0.326. The molecule has 5 rings (SSSR count). The van der Waals surface area contributed by atoms with Crippen LogP contribution in [0.25, 0.3) is 0 Å². The van der Waals surface area contributed by atoms with E-state index in [0.717, 1.165) is 6.42 Å². The molecule has 0 unspecified atom stereocenters. The first-order chi connectivity index (χ1) is 10.9. The summed E-state index contributed by atoms with van der Waals surface area (Å²) >= 11 is 0. The molecule has 5 fully saturated rings. The van der Waals surface area contributed by atoms with E-state index in [4.69, 9.17) is 18.9 Å². The topological polar surface area (TPSA) is 77.7 Å². The number of epoxide rings is 2. The number of rotatable bonds is 1. The summed E-state index contributed by atoms with van der Waals surface area (Å²) in [5, 5.41) is 0. The summed E-state index contributed by atoms with van der Waals surface area (Å²) in [6.45, 7) is 6.13. The predicted octanol–water partition coefficient (Wildman–Crippen LogP) is 1.06. The standard InChI is InChI=1S/C17H22O6/c1-7-12-10(21-8(2)18)5-17(6-20-17)9-4-11-16(3,23-11)13(9)14(12)22-15(7)19/h7,9-14H,4-6H2,1-3H3/t7-,9+,10+,11+,12-,13-,14+,16-,17+/m0/s1. The Morgan fingerprint density at radius 1 is 1.39 bits per heavy atom. The average Bonchev–Trinajstić information content (AvgIpc) is 3.32. The van der Waals surface area contributed by atoms with Crippen molar-refractivity contribution < 1.29 is 28.5 Å². The van der Waals surface area contributed by atoms with Crippen molar-refractivity contribution in [3.05, 3.63) is 0 Å². The number of ether oxygens (including phenoxy) is 4. The van der Waals surface area contributed by atoms with E-state index in [0.29, 0.717) is 18.9 Å². The Morgan fingerprint density at radius 3 is 2.78 bits per heavy atom. The van der Waals surface area contributed by atoms with Gasteiger partial charge >= 0.3 is 11.9 Å². The van der Waals surface area contributed by atoms with Crippen molar-refractivity contribution in [1.29, 1.82) is 0 Å². The SMILES string of the molecule is CC(=O)O[C@@H]1C[C@@]2(CO2)[C@@H]2C[C@H]3O[C@]3(C)[C@@H]2[C@@H]2OC(=O)[C@@H](C)[C@H]21. The third-order valence-corrected chi connectivity index (χ3v) is 6.96. The molecule has 23 heavy (non-hydrogen) atoms. The average molecular weight is 322 g/mol. The van der Waals surface area contributed by atoms with Crippen molar-refractivity contribution in [3.8, 4) is 0 Å². The van der Waals surface area contributed by atoms with Gasteiger partial charge in [-0.2, -0.15) is 0 Å². The van der Waals surface area contributed by atoms with Crippen molar-refractivity contribution in [2.24, 2.45) is 23.7 Å². The van der Waals surface area contributed by atoms with E-state index >= 15 is 0 Å². The van der Waals surface area contributed by atoms with Gasteiger partial charge in [0.05, 0.1) is 29.8 Å². The number of carbonyl (C=O) groups excluding carboxylic acids is 2. The Labute approximate surface area is 134 Å². The fourth-order valence-electron chi connectivity index (χ4n) is 5.72. The molecule has 3 heterocycles. The summed E-state index contributed by atoms with van der Waals surface area (Å²) in [4.78, 5) is 23.8. The molecule has 0 aromatic heterocycles. The van der Waals surface area contributed by atoms with E-state index in [9.17, 15) is 9.59 Å². The van der Waals surface area contributed by atoms with E-state index in [1.807, 2.05) is 6.92 Å². The van der Waals surface area contributed by atoms with E-state index in [1.54, 1.807) is 0 Å². The van der Waals surface area contributed by atoms with Gasteiger partial charge in [-0.05, 0) is 13.3 Å². The Kier molecular flexibility index (Phi) is 2.53. The Morgan fingerprint density at radius 2 is 2.13 bits per heavy atom. The van der Waals surface area contributed by atoms with Gasteiger partial charge in [-0.3, -0.25) is 9.59 Å². The van der Waals surface area contributed by atoms with Crippen LogP contribution < -0.4 is 0 Å². The molecule has 9 atom stereocenters. The third-order valence-electron chi connectivity index (χ3n) is 6.96. The zero-order valence-corrected chi connectivity index (χ0v) is 13.6. The van der Waals surface area contributed by atoms with Crippen molar-refractivity contribution in [2.75, 3.05) is 6.61 Å². The van der Waals surface area contributed by atoms with E-state index in [2.05, 4.69) is 6.92 Å². The van der Waals surface area contributed by atoms with E-state index in [-0.39, 0.29) is 59.2 Å². The van der Waals surface area contributed by atoms with Gasteiger partial charge in [0.1, 0.15) is 12.2 Å². The maximum Gasteiger partial charge on any atom is 0.309 e. The van der Waals surface area contributed by atoms with Crippen LogP contribution in [0.2, 0.25) is 0 Å². The minimum Gasteiger partial charge on any atom is -0.462 e. The molecule has 0 bridgehead atoms. The molecule has 3 aliphatic heterocycles. The van der Waals surface area contributed by atoms with Crippen LogP contribution in [-0.4, -0.2) is 48.1 Å². The second-order valence-corrected chi connectivity index (χ2v) is 8.13. The predicted molar refractivity (Wildman–Crippen MR) is 76.3 cm³/mol. The molecule has 5 aliphatic rings. The normalized spacial score (nSPS) is 58.7. The number of hydrogen-bond acceptors (Lipinski definition) is 6. The van der Waals surface area contributed by atoms with Crippen LogP contribution in [0.1, 0.15) is 33.6 Å². The minimum absolute atomic E-state index is 0.109. The van der Waals surface area contributed by atoms with Crippen LogP contribution >= 0.6 is 0 Å². The Hall–Kier alpha value is -1.14. The molecule has 2 aliphatic carbocycles. The molecule has 0 aromatic rings. The molecule has 6 nitrogen and oxygen atoms in total. The molecule has 3 saturated heterocycles. The fraction of sp³-hybridized carbons (Fsp3) is 0.882. The van der Waals surface area contributed by atoms with Gasteiger partial charge < -0.3 is 18.9 Å². The van der Waals surface area contributed by atoms with Crippen molar-refractivity contribution in [1.82, 2.24) is 0 Å². The molecule has 0 radical (unpaired) electrons. The molecular weight excluding hydrogens is 300 g/mol. The highest BCUT2D eigenvalue weighted by Crippen LogP contribution is 2.67. The highest BCUT2D eigenvalue weighted by Gasteiger charge is 2.77. The van der Waals surface area contributed by atoms with Gasteiger partial charge in [-0.15, -0.1) is 0 Å². The van der Waals surface area contributed by atoms with Gasteiger partial charge in [-0.25, -0.2) is 0 Å². The second-order valence-electron chi connectivity index (χ2n) is 8.13. The summed E-state index contributed by atoms with van der Waals surface area (Å²) in [5.41, 5.74) is -0.441. The maximum atomic E-state index is 12.2. The monoisotopic (exact) mass is 322 g/mol. The highest BCUT2D eigenvalue weighted by atomic mass is 16.6. The van der Waals surface area contributed by atoms with E-state index in [1.165, 1.54) is 6.92 Å². The molecule has 0 amide bonds. The van der Waals surface area contributed by atoms with Crippen LogP contribution in [-0.2, 0) is 28.5 Å². The summed E-state index contributed by atoms with van der Waals surface area (Å²) in [7, 11) is 0. The fourth-order valence-corrected chi connectivity index (χ4v) is 5.72. The zero-order chi connectivity index (χ0) is 16.1. The highest BCUT2D eigenvalue weighted by molar-refractivity contribution is 5.75. The van der Waals surface area contributed by atoms with E-state index < -0.39 is 0 Å². The number of carbonyl (C=O) groups is 2. The molecule has 0 N–H and O–H groups in total. The summed E-state index contributed by atoms with van der Waals surface area (Å²) in [5.74, 6) is -0.416. The Bertz CT molecular complexity index is 598. The van der Waals surface area contributed by atoms with Crippen molar-refractivity contribution in [2.45, 2.75) is 63.1 Å².